The molecule has 1 unspecified atom stereocenters. The first-order chi connectivity index (χ1) is 15.6. The van der Waals surface area contributed by atoms with Crippen molar-refractivity contribution in [2.75, 3.05) is 18.8 Å². The Morgan fingerprint density at radius 3 is 2.69 bits per heavy atom. The van der Waals surface area contributed by atoms with Crippen molar-refractivity contribution in [3.8, 4) is 17.2 Å². The van der Waals surface area contributed by atoms with Gasteiger partial charge in [0.15, 0.2) is 11.5 Å². The van der Waals surface area contributed by atoms with Crippen LogP contribution in [0.5, 0.6) is 17.2 Å². The summed E-state index contributed by atoms with van der Waals surface area (Å²) in [6.07, 6.45) is 1.57. The number of aliphatic hydroxyl groups is 1. The lowest BCUT2D eigenvalue weighted by molar-refractivity contribution is -0.132. The van der Waals surface area contributed by atoms with Crippen LogP contribution in [0, 0.1) is 0 Å². The third-order valence-corrected chi connectivity index (χ3v) is 5.39. The Hall–Kier alpha value is -4.33. The third-order valence-electron chi connectivity index (χ3n) is 5.39. The van der Waals surface area contributed by atoms with E-state index in [1.54, 1.807) is 66.9 Å². The number of pyridine rings is 1. The highest BCUT2D eigenvalue weighted by Gasteiger charge is 2.47. The molecule has 8 nitrogen and oxygen atoms in total. The van der Waals surface area contributed by atoms with Crippen LogP contribution in [-0.2, 0) is 9.59 Å². The Morgan fingerprint density at radius 1 is 1.06 bits per heavy atom. The van der Waals surface area contributed by atoms with Crippen molar-refractivity contribution in [2.24, 2.45) is 0 Å². The van der Waals surface area contributed by atoms with Gasteiger partial charge in [0.25, 0.3) is 11.7 Å². The average molecular weight is 430 g/mol. The Kier molecular flexibility index (Phi) is 4.74. The zero-order valence-corrected chi connectivity index (χ0v) is 17.0. The number of fused-ring (bicyclic) bond motifs is 1. The quantitative estimate of drug-likeness (QED) is 0.385. The number of methoxy groups -OCH3 is 1. The largest absolute Gasteiger partial charge is 0.507 e. The maximum absolute atomic E-state index is 13.2. The fraction of sp³-hybridized carbons (Fsp3) is 0.125. The average Bonchev–Trinajstić information content (AvgIpc) is 3.41. The van der Waals surface area contributed by atoms with Crippen LogP contribution in [0.15, 0.2) is 72.4 Å². The number of anilines is 1. The Bertz CT molecular complexity index is 1250. The van der Waals surface area contributed by atoms with Crippen LogP contribution in [0.4, 0.5) is 5.69 Å². The molecule has 2 aliphatic rings. The maximum atomic E-state index is 13.2. The molecule has 0 radical (unpaired) electrons. The maximum Gasteiger partial charge on any atom is 0.300 e. The topological polar surface area (TPSA) is 98.2 Å². The fourth-order valence-corrected chi connectivity index (χ4v) is 3.88. The molecule has 0 bridgehead atoms. The molecule has 1 saturated heterocycles. The lowest BCUT2D eigenvalue weighted by Gasteiger charge is -2.24. The van der Waals surface area contributed by atoms with E-state index >= 15 is 0 Å². The first kappa shape index (κ1) is 19.6. The lowest BCUT2D eigenvalue weighted by Crippen LogP contribution is -2.29. The van der Waals surface area contributed by atoms with Gasteiger partial charge in [-0.15, -0.1) is 0 Å². The molecule has 1 atom stereocenters. The number of benzene rings is 2. The van der Waals surface area contributed by atoms with Crippen molar-refractivity contribution < 1.29 is 28.9 Å². The van der Waals surface area contributed by atoms with Gasteiger partial charge < -0.3 is 19.3 Å². The molecular formula is C24H18N2O6. The molecule has 5 rings (SSSR count). The van der Waals surface area contributed by atoms with E-state index in [9.17, 15) is 14.7 Å². The van der Waals surface area contributed by atoms with Gasteiger partial charge in [-0.1, -0.05) is 18.2 Å². The van der Waals surface area contributed by atoms with Gasteiger partial charge >= 0.3 is 0 Å². The number of aromatic nitrogens is 1. The van der Waals surface area contributed by atoms with Crippen LogP contribution in [0.1, 0.15) is 17.3 Å². The summed E-state index contributed by atoms with van der Waals surface area (Å²) in [5.74, 6) is -0.356. The minimum absolute atomic E-state index is 0.0559. The third kappa shape index (κ3) is 3.13. The van der Waals surface area contributed by atoms with Crippen LogP contribution >= 0.6 is 0 Å². The molecule has 1 aromatic heterocycles. The van der Waals surface area contributed by atoms with Gasteiger partial charge in [-0.2, -0.15) is 0 Å². The molecule has 3 aromatic rings. The summed E-state index contributed by atoms with van der Waals surface area (Å²) in [6.45, 7) is 0.0805. The van der Waals surface area contributed by atoms with Crippen molar-refractivity contribution in [2.45, 2.75) is 6.04 Å². The SMILES string of the molecule is COc1cccc(/C(O)=C2\C(=O)C(=O)N(c3ccc4c(c3)OCO4)C2c2ccccn2)c1. The number of ketones is 1. The first-order valence-electron chi connectivity index (χ1n) is 9.84. The molecule has 0 saturated carbocycles. The molecule has 1 amide bonds. The van der Waals surface area contributed by atoms with E-state index in [4.69, 9.17) is 14.2 Å². The van der Waals surface area contributed by atoms with Crippen molar-refractivity contribution in [1.29, 1.82) is 0 Å². The monoisotopic (exact) mass is 430 g/mol. The summed E-state index contributed by atoms with van der Waals surface area (Å²) in [5, 5.41) is 11.1. The molecule has 3 heterocycles. The summed E-state index contributed by atoms with van der Waals surface area (Å²) >= 11 is 0. The number of Topliss-reactive ketones (excluding diaryl/α,β-unsaturated/α-hetero) is 1. The van der Waals surface area contributed by atoms with Crippen LogP contribution in [-0.4, -0.2) is 35.7 Å². The van der Waals surface area contributed by atoms with Gasteiger partial charge in [0, 0.05) is 23.5 Å². The molecular weight excluding hydrogens is 412 g/mol. The van der Waals surface area contributed by atoms with E-state index < -0.39 is 17.7 Å². The van der Waals surface area contributed by atoms with Crippen molar-refractivity contribution in [1.82, 2.24) is 4.98 Å². The molecule has 1 fully saturated rings. The van der Waals surface area contributed by atoms with E-state index in [0.29, 0.717) is 34.2 Å². The highest BCUT2D eigenvalue weighted by Crippen LogP contribution is 2.44. The number of rotatable bonds is 4. The number of aliphatic hydroxyl groups excluding tert-OH is 1. The van der Waals surface area contributed by atoms with Gasteiger partial charge in [0.2, 0.25) is 6.79 Å². The summed E-state index contributed by atoms with van der Waals surface area (Å²) in [6, 6.07) is 15.9. The number of hydrogen-bond donors (Lipinski definition) is 1. The van der Waals surface area contributed by atoms with Gasteiger partial charge in [-0.25, -0.2) is 0 Å². The second-order valence-electron chi connectivity index (χ2n) is 7.19. The molecule has 0 spiro atoms. The number of amides is 1. The number of carbonyl (C=O) groups is 2. The number of carbonyl (C=O) groups excluding carboxylic acids is 2. The smallest absolute Gasteiger partial charge is 0.300 e. The van der Waals surface area contributed by atoms with E-state index in [1.807, 2.05) is 0 Å². The highest BCUT2D eigenvalue weighted by atomic mass is 16.7. The molecule has 2 aromatic carbocycles. The molecule has 32 heavy (non-hydrogen) atoms. The zero-order valence-electron chi connectivity index (χ0n) is 17.0. The minimum Gasteiger partial charge on any atom is -0.507 e. The van der Waals surface area contributed by atoms with E-state index in [1.165, 1.54) is 12.0 Å². The van der Waals surface area contributed by atoms with Gasteiger partial charge in [-0.3, -0.25) is 19.5 Å². The van der Waals surface area contributed by atoms with Crippen molar-refractivity contribution >= 4 is 23.1 Å². The first-order valence-corrected chi connectivity index (χ1v) is 9.84. The molecule has 1 N–H and O–H groups in total. The molecule has 2 aliphatic heterocycles. The van der Waals surface area contributed by atoms with Crippen LogP contribution in [0.2, 0.25) is 0 Å². The van der Waals surface area contributed by atoms with Crippen molar-refractivity contribution in [3.63, 3.8) is 0 Å². The van der Waals surface area contributed by atoms with E-state index in [0.717, 1.165) is 0 Å². The fourth-order valence-electron chi connectivity index (χ4n) is 3.88. The number of hydrogen-bond acceptors (Lipinski definition) is 7. The Morgan fingerprint density at radius 2 is 1.91 bits per heavy atom. The highest BCUT2D eigenvalue weighted by molar-refractivity contribution is 6.51. The second kappa shape index (κ2) is 7.73. The normalized spacial score (nSPS) is 18.8. The summed E-state index contributed by atoms with van der Waals surface area (Å²) < 4.78 is 16.0. The number of nitrogens with zero attached hydrogens (tertiary/aromatic N) is 2. The second-order valence-corrected chi connectivity index (χ2v) is 7.19. The Labute approximate surface area is 183 Å². The zero-order chi connectivity index (χ0) is 22.2. The minimum atomic E-state index is -0.928. The summed E-state index contributed by atoms with van der Waals surface area (Å²) in [4.78, 5) is 32.0. The van der Waals surface area contributed by atoms with Crippen molar-refractivity contribution in [3.05, 3.63) is 83.7 Å². The summed E-state index contributed by atoms with van der Waals surface area (Å²) in [5.41, 5.74) is 1.17. The standard InChI is InChI=1S/C24H18N2O6/c1-30-16-6-4-5-14(11-16)22(27)20-21(17-7-2-3-10-25-17)26(24(29)23(20)28)15-8-9-18-19(12-15)32-13-31-18/h2-12,21,27H,13H2,1H3/b22-20+. The van der Waals surface area contributed by atoms with Crippen LogP contribution in [0.3, 0.4) is 0 Å². The van der Waals surface area contributed by atoms with Gasteiger partial charge in [0.1, 0.15) is 17.6 Å². The van der Waals surface area contributed by atoms with Crippen LogP contribution < -0.4 is 19.1 Å². The molecule has 0 aliphatic carbocycles. The van der Waals surface area contributed by atoms with Gasteiger partial charge in [0.05, 0.1) is 18.4 Å². The molecule has 8 heteroatoms. The van der Waals surface area contributed by atoms with Gasteiger partial charge in [-0.05, 0) is 36.4 Å². The van der Waals surface area contributed by atoms with Crippen LogP contribution in [0.25, 0.3) is 5.76 Å². The number of ether oxygens (including phenoxy) is 3. The summed E-state index contributed by atoms with van der Waals surface area (Å²) in [7, 11) is 1.51. The lowest BCUT2D eigenvalue weighted by atomic mass is 9.98. The predicted octanol–water partition coefficient (Wildman–Crippen LogP) is 3.45. The molecule has 160 valence electrons. The Balaban J connectivity index is 1.70. The predicted molar refractivity (Wildman–Crippen MR) is 115 cm³/mol. The van der Waals surface area contributed by atoms with E-state index in [-0.39, 0.29) is 18.1 Å². The van der Waals surface area contributed by atoms with E-state index in [2.05, 4.69) is 4.98 Å².